The summed E-state index contributed by atoms with van der Waals surface area (Å²) >= 11 is 0. The minimum atomic E-state index is -0.0359. The van der Waals surface area contributed by atoms with Gasteiger partial charge in [0.1, 0.15) is 18.5 Å². The van der Waals surface area contributed by atoms with Crippen LogP contribution in [0.4, 0.5) is 0 Å². The average molecular weight is 315 g/mol. The molecular formula is C17H21N3O3. The van der Waals surface area contributed by atoms with Crippen LogP contribution in [0.25, 0.3) is 0 Å². The largest absolute Gasteiger partial charge is 0.491 e. The number of aromatic nitrogens is 2. The Morgan fingerprint density at radius 3 is 3.13 bits per heavy atom. The van der Waals surface area contributed by atoms with E-state index in [4.69, 9.17) is 14.6 Å². The fourth-order valence-corrected chi connectivity index (χ4v) is 2.66. The minimum Gasteiger partial charge on any atom is -0.491 e. The summed E-state index contributed by atoms with van der Waals surface area (Å²) in [7, 11) is 0. The van der Waals surface area contributed by atoms with Gasteiger partial charge in [0.25, 0.3) is 0 Å². The van der Waals surface area contributed by atoms with Crippen molar-refractivity contribution in [1.29, 1.82) is 0 Å². The van der Waals surface area contributed by atoms with E-state index in [-0.39, 0.29) is 12.7 Å². The van der Waals surface area contributed by atoms with Crippen molar-refractivity contribution in [2.45, 2.75) is 12.6 Å². The Hall–Kier alpha value is -2.02. The topological polar surface area (TPSA) is 67.7 Å². The number of aliphatic hydroxyl groups excluding tert-OH is 1. The van der Waals surface area contributed by atoms with E-state index in [9.17, 15) is 0 Å². The molecule has 0 spiro atoms. The lowest BCUT2D eigenvalue weighted by atomic mass is 10.1. The third-order valence-electron chi connectivity index (χ3n) is 3.73. The Balaban J connectivity index is 1.61. The molecule has 1 aliphatic rings. The second-order valence-electron chi connectivity index (χ2n) is 5.44. The van der Waals surface area contributed by atoms with Crippen LogP contribution in [0.5, 0.6) is 5.75 Å². The van der Waals surface area contributed by atoms with E-state index in [0.717, 1.165) is 31.1 Å². The van der Waals surface area contributed by atoms with Crippen LogP contribution >= 0.6 is 0 Å². The molecule has 1 aromatic carbocycles. The highest BCUT2D eigenvalue weighted by atomic mass is 16.5. The Morgan fingerprint density at radius 1 is 1.35 bits per heavy atom. The van der Waals surface area contributed by atoms with Crippen molar-refractivity contribution in [2.24, 2.45) is 0 Å². The summed E-state index contributed by atoms with van der Waals surface area (Å²) in [6, 6.07) is 7.98. The van der Waals surface area contributed by atoms with Gasteiger partial charge in [-0.1, -0.05) is 12.1 Å². The minimum absolute atomic E-state index is 0.0213. The summed E-state index contributed by atoms with van der Waals surface area (Å²) < 4.78 is 11.3. The zero-order valence-corrected chi connectivity index (χ0v) is 13.0. The van der Waals surface area contributed by atoms with Crippen LogP contribution in [0.1, 0.15) is 17.4 Å². The highest BCUT2D eigenvalue weighted by Gasteiger charge is 2.23. The number of aliphatic hydroxyl groups is 1. The Bertz CT molecular complexity index is 609. The molecule has 122 valence electrons. The summed E-state index contributed by atoms with van der Waals surface area (Å²) in [6.07, 6.45) is 5.09. The molecule has 3 rings (SSSR count). The molecule has 0 saturated carbocycles. The molecular weight excluding hydrogens is 294 g/mol. The van der Waals surface area contributed by atoms with Gasteiger partial charge in [-0.05, 0) is 17.7 Å². The molecule has 0 amide bonds. The lowest BCUT2D eigenvalue weighted by molar-refractivity contribution is -0.0351. The first-order valence-electron chi connectivity index (χ1n) is 7.77. The van der Waals surface area contributed by atoms with Crippen LogP contribution in [0.3, 0.4) is 0 Å². The van der Waals surface area contributed by atoms with E-state index < -0.39 is 0 Å². The Kier molecular flexibility index (Phi) is 5.52. The molecule has 0 unspecified atom stereocenters. The summed E-state index contributed by atoms with van der Waals surface area (Å²) in [5.74, 6) is 0.787. The highest BCUT2D eigenvalue weighted by Crippen LogP contribution is 2.22. The van der Waals surface area contributed by atoms with Gasteiger partial charge in [0.2, 0.25) is 0 Å². The third-order valence-corrected chi connectivity index (χ3v) is 3.73. The third kappa shape index (κ3) is 4.48. The van der Waals surface area contributed by atoms with Crippen LogP contribution in [0, 0.1) is 0 Å². The number of hydrogen-bond donors (Lipinski definition) is 1. The molecule has 2 aromatic rings. The van der Waals surface area contributed by atoms with E-state index in [1.54, 1.807) is 18.6 Å². The van der Waals surface area contributed by atoms with Crippen LogP contribution in [-0.4, -0.2) is 52.9 Å². The van der Waals surface area contributed by atoms with Gasteiger partial charge in [0, 0.05) is 32.0 Å². The number of benzene rings is 1. The van der Waals surface area contributed by atoms with Crippen LogP contribution in [-0.2, 0) is 11.3 Å². The molecule has 0 radical (unpaired) electrons. The Morgan fingerprint density at radius 2 is 2.30 bits per heavy atom. The van der Waals surface area contributed by atoms with Crippen LogP contribution < -0.4 is 4.74 Å². The monoisotopic (exact) mass is 315 g/mol. The van der Waals surface area contributed by atoms with Gasteiger partial charge in [-0.15, -0.1) is 0 Å². The smallest absolute Gasteiger partial charge is 0.119 e. The Labute approximate surface area is 135 Å². The summed E-state index contributed by atoms with van der Waals surface area (Å²) in [5.41, 5.74) is 2.05. The summed E-state index contributed by atoms with van der Waals surface area (Å²) in [5, 5.41) is 8.84. The van der Waals surface area contributed by atoms with Gasteiger partial charge in [-0.2, -0.15) is 0 Å². The second-order valence-corrected chi connectivity index (χ2v) is 5.44. The molecule has 1 aliphatic heterocycles. The second kappa shape index (κ2) is 8.01. The first-order chi connectivity index (χ1) is 11.3. The predicted octanol–water partition coefficient (Wildman–Crippen LogP) is 1.42. The molecule has 1 saturated heterocycles. The van der Waals surface area contributed by atoms with Gasteiger partial charge >= 0.3 is 0 Å². The van der Waals surface area contributed by atoms with E-state index in [2.05, 4.69) is 20.9 Å². The first kappa shape index (κ1) is 15.9. The maximum Gasteiger partial charge on any atom is 0.119 e. The zero-order chi connectivity index (χ0) is 15.9. The molecule has 1 aromatic heterocycles. The standard InChI is InChI=1S/C17H21N3O3/c21-7-9-22-15-3-1-2-14(10-15)12-20-6-8-23-17(13-20)16-11-18-4-5-19-16/h1-5,10-11,17,21H,6-9,12-13H2/t17-/m1/s1. The fourth-order valence-electron chi connectivity index (χ4n) is 2.66. The summed E-state index contributed by atoms with van der Waals surface area (Å²) in [6.45, 7) is 3.53. The number of ether oxygens (including phenoxy) is 2. The predicted molar refractivity (Wildman–Crippen MR) is 85.0 cm³/mol. The lowest BCUT2D eigenvalue weighted by Gasteiger charge is -2.32. The molecule has 6 heteroatoms. The van der Waals surface area contributed by atoms with Gasteiger partial charge in [0.05, 0.1) is 25.1 Å². The van der Waals surface area contributed by atoms with Crippen molar-refractivity contribution in [2.75, 3.05) is 32.9 Å². The molecule has 1 atom stereocenters. The van der Waals surface area contributed by atoms with Crippen LogP contribution in [0.2, 0.25) is 0 Å². The quantitative estimate of drug-likeness (QED) is 0.869. The van der Waals surface area contributed by atoms with Crippen molar-refractivity contribution in [3.63, 3.8) is 0 Å². The number of hydrogen-bond acceptors (Lipinski definition) is 6. The maximum absolute atomic E-state index is 8.84. The first-order valence-corrected chi connectivity index (χ1v) is 7.77. The summed E-state index contributed by atoms with van der Waals surface area (Å²) in [4.78, 5) is 10.8. The van der Waals surface area contributed by atoms with E-state index in [0.29, 0.717) is 13.2 Å². The lowest BCUT2D eigenvalue weighted by Crippen LogP contribution is -2.38. The van der Waals surface area contributed by atoms with Crippen molar-refractivity contribution >= 4 is 0 Å². The molecule has 1 N–H and O–H groups in total. The zero-order valence-electron chi connectivity index (χ0n) is 13.0. The van der Waals surface area contributed by atoms with Crippen molar-refractivity contribution < 1.29 is 14.6 Å². The molecule has 1 fully saturated rings. The molecule has 2 heterocycles. The van der Waals surface area contributed by atoms with Gasteiger partial charge in [-0.3, -0.25) is 14.9 Å². The van der Waals surface area contributed by atoms with Gasteiger partial charge in [0.15, 0.2) is 0 Å². The van der Waals surface area contributed by atoms with Crippen molar-refractivity contribution in [3.05, 3.63) is 54.1 Å². The number of rotatable bonds is 6. The van der Waals surface area contributed by atoms with Crippen molar-refractivity contribution in [3.8, 4) is 5.75 Å². The molecule has 6 nitrogen and oxygen atoms in total. The van der Waals surface area contributed by atoms with Crippen LogP contribution in [0.15, 0.2) is 42.9 Å². The van der Waals surface area contributed by atoms with Gasteiger partial charge < -0.3 is 14.6 Å². The van der Waals surface area contributed by atoms with Crippen molar-refractivity contribution in [1.82, 2.24) is 14.9 Å². The maximum atomic E-state index is 8.84. The number of nitrogens with zero attached hydrogens (tertiary/aromatic N) is 3. The highest BCUT2D eigenvalue weighted by molar-refractivity contribution is 5.28. The molecule has 0 bridgehead atoms. The van der Waals surface area contributed by atoms with Gasteiger partial charge in [-0.25, -0.2) is 0 Å². The van der Waals surface area contributed by atoms with E-state index >= 15 is 0 Å². The number of morpholine rings is 1. The van der Waals surface area contributed by atoms with E-state index in [1.807, 2.05) is 18.2 Å². The average Bonchev–Trinajstić information content (AvgIpc) is 2.61. The normalized spacial score (nSPS) is 18.7. The van der Waals surface area contributed by atoms with E-state index in [1.165, 1.54) is 5.56 Å². The SMILES string of the molecule is OCCOc1cccc(CN2CCO[C@@H](c3cnccn3)C2)c1. The molecule has 0 aliphatic carbocycles. The molecule has 23 heavy (non-hydrogen) atoms. The fraction of sp³-hybridized carbons (Fsp3) is 0.412.